The van der Waals surface area contributed by atoms with E-state index in [9.17, 15) is 4.79 Å². The highest BCUT2D eigenvalue weighted by molar-refractivity contribution is 7.09. The predicted octanol–water partition coefficient (Wildman–Crippen LogP) is 2.52. The lowest BCUT2D eigenvalue weighted by atomic mass is 10.0. The first-order chi connectivity index (χ1) is 11.7. The standard InChI is InChI=1S/C17H21N3O3S/c1-3-16-19-13(10-24-16)8-18-17(21)20-12-6-11-4-5-14(22-2)7-15(11)23-9-12/h4-5,7,10,12H,3,6,8-9H2,1-2H3,(H2,18,20,21)/t12-/m1/s1. The van der Waals surface area contributed by atoms with Crippen molar-refractivity contribution in [1.82, 2.24) is 15.6 Å². The van der Waals surface area contributed by atoms with Crippen LogP contribution in [0.2, 0.25) is 0 Å². The van der Waals surface area contributed by atoms with E-state index in [0.717, 1.165) is 40.6 Å². The van der Waals surface area contributed by atoms with Gasteiger partial charge in [-0.3, -0.25) is 0 Å². The number of benzene rings is 1. The summed E-state index contributed by atoms with van der Waals surface area (Å²) in [4.78, 5) is 16.5. The molecule has 0 spiro atoms. The van der Waals surface area contributed by atoms with Crippen LogP contribution in [0.25, 0.3) is 0 Å². The number of nitrogens with zero attached hydrogens (tertiary/aromatic N) is 1. The number of carbonyl (C=O) groups is 1. The number of hydrogen-bond acceptors (Lipinski definition) is 5. The van der Waals surface area contributed by atoms with Crippen LogP contribution in [0.3, 0.4) is 0 Å². The molecule has 0 saturated heterocycles. The quantitative estimate of drug-likeness (QED) is 0.872. The Labute approximate surface area is 145 Å². The van der Waals surface area contributed by atoms with Gasteiger partial charge < -0.3 is 20.1 Å². The monoisotopic (exact) mass is 347 g/mol. The highest BCUT2D eigenvalue weighted by Gasteiger charge is 2.21. The molecule has 2 heterocycles. The predicted molar refractivity (Wildman–Crippen MR) is 92.8 cm³/mol. The Hall–Kier alpha value is -2.28. The minimum atomic E-state index is -0.202. The summed E-state index contributed by atoms with van der Waals surface area (Å²) in [5.41, 5.74) is 1.96. The summed E-state index contributed by atoms with van der Waals surface area (Å²) in [6, 6.07) is 5.50. The van der Waals surface area contributed by atoms with Crippen molar-refractivity contribution in [2.75, 3.05) is 13.7 Å². The van der Waals surface area contributed by atoms with Gasteiger partial charge in [0.1, 0.15) is 18.1 Å². The molecule has 1 atom stereocenters. The van der Waals surface area contributed by atoms with Crippen LogP contribution in [0.1, 0.15) is 23.2 Å². The smallest absolute Gasteiger partial charge is 0.315 e. The van der Waals surface area contributed by atoms with Gasteiger partial charge in [0.05, 0.1) is 30.4 Å². The number of aromatic nitrogens is 1. The Balaban J connectivity index is 1.50. The fraction of sp³-hybridized carbons (Fsp3) is 0.412. The number of rotatable bonds is 5. The second-order valence-corrected chi connectivity index (χ2v) is 6.54. The molecule has 0 bridgehead atoms. The molecule has 0 fully saturated rings. The Kier molecular flexibility index (Phi) is 5.20. The fourth-order valence-electron chi connectivity index (χ4n) is 2.57. The van der Waals surface area contributed by atoms with Gasteiger partial charge in [0.25, 0.3) is 0 Å². The zero-order valence-electron chi connectivity index (χ0n) is 13.8. The SMILES string of the molecule is CCc1nc(CNC(=O)N[C@H]2COc3cc(OC)ccc3C2)cs1. The van der Waals surface area contributed by atoms with Crippen LogP contribution in [0.15, 0.2) is 23.6 Å². The third-order valence-corrected chi connectivity index (χ3v) is 4.89. The van der Waals surface area contributed by atoms with Crippen LogP contribution in [-0.2, 0) is 19.4 Å². The van der Waals surface area contributed by atoms with Crippen LogP contribution in [0, 0.1) is 0 Å². The highest BCUT2D eigenvalue weighted by Crippen LogP contribution is 2.28. The maximum atomic E-state index is 12.1. The van der Waals surface area contributed by atoms with Crippen molar-refractivity contribution in [1.29, 1.82) is 0 Å². The molecule has 1 aliphatic heterocycles. The number of hydrogen-bond donors (Lipinski definition) is 2. The number of methoxy groups -OCH3 is 1. The van der Waals surface area contributed by atoms with Gasteiger partial charge in [0, 0.05) is 11.4 Å². The molecule has 1 aromatic carbocycles. The first-order valence-corrected chi connectivity index (χ1v) is 8.83. The zero-order chi connectivity index (χ0) is 16.9. The largest absolute Gasteiger partial charge is 0.497 e. The molecule has 1 aromatic heterocycles. The third kappa shape index (κ3) is 3.97. The van der Waals surface area contributed by atoms with E-state index in [1.54, 1.807) is 18.4 Å². The second kappa shape index (κ2) is 7.53. The van der Waals surface area contributed by atoms with Gasteiger partial charge in [-0.05, 0) is 24.5 Å². The van der Waals surface area contributed by atoms with Gasteiger partial charge in [-0.25, -0.2) is 9.78 Å². The minimum absolute atomic E-state index is 0.0486. The summed E-state index contributed by atoms with van der Waals surface area (Å²) in [6.45, 7) is 2.95. The van der Waals surface area contributed by atoms with E-state index in [1.165, 1.54) is 0 Å². The van der Waals surface area contributed by atoms with Crippen LogP contribution >= 0.6 is 11.3 Å². The Morgan fingerprint density at radius 3 is 3.12 bits per heavy atom. The zero-order valence-corrected chi connectivity index (χ0v) is 14.6. The molecule has 2 amide bonds. The molecule has 0 unspecified atom stereocenters. The number of urea groups is 1. The average molecular weight is 347 g/mol. The highest BCUT2D eigenvalue weighted by atomic mass is 32.1. The lowest BCUT2D eigenvalue weighted by Crippen LogP contribution is -2.47. The van der Waals surface area contributed by atoms with Gasteiger partial charge in [-0.2, -0.15) is 0 Å². The normalized spacial score (nSPS) is 16.0. The molecule has 0 saturated carbocycles. The number of thiazole rings is 1. The van der Waals surface area contributed by atoms with Gasteiger partial charge >= 0.3 is 6.03 Å². The number of ether oxygens (including phenoxy) is 2. The van der Waals surface area contributed by atoms with E-state index in [2.05, 4.69) is 22.5 Å². The van der Waals surface area contributed by atoms with Crippen molar-refractivity contribution in [2.24, 2.45) is 0 Å². The van der Waals surface area contributed by atoms with Crippen molar-refractivity contribution in [3.05, 3.63) is 39.8 Å². The van der Waals surface area contributed by atoms with Gasteiger partial charge in [-0.15, -0.1) is 11.3 Å². The van der Waals surface area contributed by atoms with Crippen molar-refractivity contribution in [3.8, 4) is 11.5 Å². The minimum Gasteiger partial charge on any atom is -0.497 e. The molecular formula is C17H21N3O3S. The van der Waals surface area contributed by atoms with Crippen LogP contribution in [0.5, 0.6) is 11.5 Å². The lowest BCUT2D eigenvalue weighted by Gasteiger charge is -2.26. The van der Waals surface area contributed by atoms with Crippen LogP contribution in [-0.4, -0.2) is 30.8 Å². The number of carbonyl (C=O) groups excluding carboxylic acids is 1. The summed E-state index contributed by atoms with van der Waals surface area (Å²) in [7, 11) is 1.63. The topological polar surface area (TPSA) is 72.5 Å². The lowest BCUT2D eigenvalue weighted by molar-refractivity contribution is 0.213. The molecule has 7 heteroatoms. The van der Waals surface area contributed by atoms with Crippen molar-refractivity contribution in [2.45, 2.75) is 32.4 Å². The number of amides is 2. The van der Waals surface area contributed by atoms with E-state index in [1.807, 2.05) is 23.6 Å². The van der Waals surface area contributed by atoms with Gasteiger partial charge in [0.15, 0.2) is 0 Å². The van der Waals surface area contributed by atoms with Crippen LogP contribution < -0.4 is 20.1 Å². The number of fused-ring (bicyclic) bond motifs is 1. The maximum absolute atomic E-state index is 12.1. The average Bonchev–Trinajstić information content (AvgIpc) is 3.07. The summed E-state index contributed by atoms with van der Waals surface area (Å²) in [6.07, 6.45) is 1.66. The summed E-state index contributed by atoms with van der Waals surface area (Å²) in [5, 5.41) is 8.86. The molecule has 2 N–H and O–H groups in total. The van der Waals surface area contributed by atoms with Crippen molar-refractivity contribution >= 4 is 17.4 Å². The van der Waals surface area contributed by atoms with E-state index in [-0.39, 0.29) is 12.1 Å². The summed E-state index contributed by atoms with van der Waals surface area (Å²) in [5.74, 6) is 1.59. The second-order valence-electron chi connectivity index (χ2n) is 5.60. The van der Waals surface area contributed by atoms with E-state index in [4.69, 9.17) is 9.47 Å². The molecule has 0 aliphatic carbocycles. The number of nitrogens with one attached hydrogen (secondary N) is 2. The van der Waals surface area contributed by atoms with Crippen LogP contribution in [0.4, 0.5) is 4.79 Å². The molecule has 24 heavy (non-hydrogen) atoms. The summed E-state index contributed by atoms with van der Waals surface area (Å²) >= 11 is 1.62. The molecule has 0 radical (unpaired) electrons. The first-order valence-electron chi connectivity index (χ1n) is 7.95. The summed E-state index contributed by atoms with van der Waals surface area (Å²) < 4.78 is 10.9. The van der Waals surface area contributed by atoms with E-state index < -0.39 is 0 Å². The Morgan fingerprint density at radius 1 is 1.50 bits per heavy atom. The maximum Gasteiger partial charge on any atom is 0.315 e. The van der Waals surface area contributed by atoms with Gasteiger partial charge in [0.2, 0.25) is 0 Å². The number of aryl methyl sites for hydroxylation is 1. The van der Waals surface area contributed by atoms with Gasteiger partial charge in [-0.1, -0.05) is 13.0 Å². The third-order valence-electron chi connectivity index (χ3n) is 3.85. The molecule has 6 nitrogen and oxygen atoms in total. The molecular weight excluding hydrogens is 326 g/mol. The Morgan fingerprint density at radius 2 is 2.38 bits per heavy atom. The molecule has 1 aliphatic rings. The molecule has 128 valence electrons. The van der Waals surface area contributed by atoms with E-state index >= 15 is 0 Å². The molecule has 3 rings (SSSR count). The Bertz CT molecular complexity index is 717. The van der Waals surface area contributed by atoms with Crippen molar-refractivity contribution in [3.63, 3.8) is 0 Å². The first kappa shape index (κ1) is 16.6. The molecule has 2 aromatic rings. The van der Waals surface area contributed by atoms with E-state index in [0.29, 0.717) is 13.2 Å². The fourth-order valence-corrected chi connectivity index (χ4v) is 3.32. The van der Waals surface area contributed by atoms with Crippen molar-refractivity contribution < 1.29 is 14.3 Å².